The summed E-state index contributed by atoms with van der Waals surface area (Å²) in [5.74, 6) is 0.502. The molecule has 0 heterocycles. The number of benzene rings is 2. The Bertz CT molecular complexity index is 969. The van der Waals surface area contributed by atoms with Crippen molar-refractivity contribution in [3.8, 4) is 5.75 Å². The first-order valence-electron chi connectivity index (χ1n) is 10.2. The fourth-order valence-corrected chi connectivity index (χ4v) is 4.02. The Morgan fingerprint density at radius 2 is 1.74 bits per heavy atom. The van der Waals surface area contributed by atoms with Crippen LogP contribution in [0.25, 0.3) is 0 Å². The number of ether oxygens (including phenoxy) is 2. The molecule has 8 heteroatoms. The van der Waals surface area contributed by atoms with Crippen molar-refractivity contribution in [1.82, 2.24) is 5.32 Å². The molecular weight excluding hydrogens is 416 g/mol. The van der Waals surface area contributed by atoms with Crippen LogP contribution in [0, 0.1) is 6.92 Å². The number of unbranched alkanes of at least 4 members (excludes halogenated alkanes) is 1. The fourth-order valence-electron chi connectivity index (χ4n) is 2.79. The lowest BCUT2D eigenvalue weighted by Crippen LogP contribution is -2.33. The Morgan fingerprint density at radius 1 is 1.06 bits per heavy atom. The largest absolute Gasteiger partial charge is 0.491 e. The molecule has 2 aromatic carbocycles. The van der Waals surface area contributed by atoms with E-state index in [0.29, 0.717) is 37.4 Å². The van der Waals surface area contributed by atoms with E-state index in [0.717, 1.165) is 5.56 Å². The SMILES string of the molecule is Cc1ccc(N(C)S(=O)(=O)c2ccccc2)c(OCCCCNC(=O)OC(C)(C)C)c1. The third-order valence-electron chi connectivity index (χ3n) is 4.35. The Morgan fingerprint density at radius 3 is 2.39 bits per heavy atom. The standard InChI is InChI=1S/C23H32N2O5S/c1-18-13-14-20(25(5)31(27,28)19-11-7-6-8-12-19)21(17-18)29-16-10-9-15-24-22(26)30-23(2,3)4/h6-8,11-14,17H,9-10,15-16H2,1-5H3,(H,24,26). The van der Waals surface area contributed by atoms with Gasteiger partial charge >= 0.3 is 6.09 Å². The van der Waals surface area contributed by atoms with E-state index in [2.05, 4.69) is 5.32 Å². The molecule has 2 aromatic rings. The second-order valence-corrected chi connectivity index (χ2v) is 10.2. The van der Waals surface area contributed by atoms with E-state index in [4.69, 9.17) is 9.47 Å². The quantitative estimate of drug-likeness (QED) is 0.571. The highest BCUT2D eigenvalue weighted by atomic mass is 32.2. The summed E-state index contributed by atoms with van der Waals surface area (Å²) < 4.78 is 38.3. The summed E-state index contributed by atoms with van der Waals surface area (Å²) >= 11 is 0. The van der Waals surface area contributed by atoms with E-state index in [1.165, 1.54) is 11.4 Å². The molecule has 1 amide bonds. The van der Waals surface area contributed by atoms with E-state index in [1.807, 2.05) is 39.8 Å². The number of hydrogen-bond donors (Lipinski definition) is 1. The fraction of sp³-hybridized carbons (Fsp3) is 0.435. The molecular formula is C23H32N2O5S. The normalized spacial score (nSPS) is 11.6. The molecule has 0 bridgehead atoms. The van der Waals surface area contributed by atoms with Crippen molar-refractivity contribution in [1.29, 1.82) is 0 Å². The number of nitrogens with one attached hydrogen (secondary N) is 1. The van der Waals surface area contributed by atoms with Gasteiger partial charge in [0.25, 0.3) is 10.0 Å². The highest BCUT2D eigenvalue weighted by Gasteiger charge is 2.23. The van der Waals surface area contributed by atoms with Gasteiger partial charge in [-0.25, -0.2) is 13.2 Å². The second kappa shape index (κ2) is 10.5. The Balaban J connectivity index is 1.96. The van der Waals surface area contributed by atoms with E-state index < -0.39 is 21.7 Å². The predicted octanol–water partition coefficient (Wildman–Crippen LogP) is 4.50. The maximum absolute atomic E-state index is 13.0. The summed E-state index contributed by atoms with van der Waals surface area (Å²) in [6, 6.07) is 13.7. The van der Waals surface area contributed by atoms with Crippen LogP contribution in [0.3, 0.4) is 0 Å². The number of alkyl carbamates (subject to hydrolysis) is 1. The lowest BCUT2D eigenvalue weighted by molar-refractivity contribution is 0.0526. The summed E-state index contributed by atoms with van der Waals surface area (Å²) in [4.78, 5) is 11.9. The molecule has 1 N–H and O–H groups in total. The van der Waals surface area contributed by atoms with Crippen LogP contribution in [-0.2, 0) is 14.8 Å². The molecule has 0 radical (unpaired) electrons. The lowest BCUT2D eigenvalue weighted by Gasteiger charge is -2.23. The van der Waals surface area contributed by atoms with Gasteiger partial charge < -0.3 is 14.8 Å². The van der Waals surface area contributed by atoms with Crippen LogP contribution in [0.2, 0.25) is 0 Å². The van der Waals surface area contributed by atoms with Crippen LogP contribution in [-0.4, -0.2) is 40.3 Å². The van der Waals surface area contributed by atoms with Gasteiger partial charge in [-0.05, 0) is 70.4 Å². The molecule has 0 aromatic heterocycles. The minimum Gasteiger partial charge on any atom is -0.491 e. The maximum Gasteiger partial charge on any atom is 0.407 e. The van der Waals surface area contributed by atoms with E-state index in [-0.39, 0.29) is 4.90 Å². The molecule has 0 spiro atoms. The third-order valence-corrected chi connectivity index (χ3v) is 6.14. The van der Waals surface area contributed by atoms with Crippen molar-refractivity contribution in [3.05, 3.63) is 54.1 Å². The minimum absolute atomic E-state index is 0.220. The lowest BCUT2D eigenvalue weighted by atomic mass is 10.2. The zero-order valence-corrected chi connectivity index (χ0v) is 19.7. The number of amides is 1. The first kappa shape index (κ1) is 24.5. The highest BCUT2D eigenvalue weighted by Crippen LogP contribution is 2.32. The van der Waals surface area contributed by atoms with Gasteiger partial charge in [0.2, 0.25) is 0 Å². The van der Waals surface area contributed by atoms with Crippen molar-refractivity contribution >= 4 is 21.8 Å². The van der Waals surface area contributed by atoms with Crippen LogP contribution < -0.4 is 14.4 Å². The summed E-state index contributed by atoms with van der Waals surface area (Å²) in [7, 11) is -2.18. The topological polar surface area (TPSA) is 84.9 Å². The van der Waals surface area contributed by atoms with Crippen molar-refractivity contribution in [2.24, 2.45) is 0 Å². The number of aryl methyl sites for hydroxylation is 1. The van der Waals surface area contributed by atoms with E-state index >= 15 is 0 Å². The summed E-state index contributed by atoms with van der Waals surface area (Å²) in [6.45, 7) is 8.23. The van der Waals surface area contributed by atoms with Gasteiger partial charge in [0.05, 0.1) is 17.2 Å². The summed E-state index contributed by atoms with van der Waals surface area (Å²) in [6.07, 6.45) is 0.957. The Labute approximate surface area is 185 Å². The van der Waals surface area contributed by atoms with Gasteiger partial charge in [-0.1, -0.05) is 24.3 Å². The first-order chi connectivity index (χ1) is 14.5. The van der Waals surface area contributed by atoms with Crippen molar-refractivity contribution in [3.63, 3.8) is 0 Å². The molecule has 0 aliphatic heterocycles. The molecule has 0 saturated carbocycles. The molecule has 0 aliphatic rings. The molecule has 7 nitrogen and oxygen atoms in total. The number of rotatable bonds is 9. The number of carbonyl (C=O) groups excluding carboxylic acids is 1. The Kier molecular flexibility index (Phi) is 8.33. The van der Waals surface area contributed by atoms with Gasteiger partial charge in [-0.15, -0.1) is 0 Å². The molecule has 2 rings (SSSR count). The van der Waals surface area contributed by atoms with Gasteiger partial charge in [-0.2, -0.15) is 0 Å². The molecule has 31 heavy (non-hydrogen) atoms. The molecule has 0 unspecified atom stereocenters. The van der Waals surface area contributed by atoms with Crippen molar-refractivity contribution in [2.75, 3.05) is 24.5 Å². The molecule has 0 saturated heterocycles. The molecule has 0 atom stereocenters. The zero-order valence-electron chi connectivity index (χ0n) is 18.8. The molecule has 0 aliphatic carbocycles. The van der Waals surface area contributed by atoms with Crippen LogP contribution in [0.4, 0.5) is 10.5 Å². The van der Waals surface area contributed by atoms with E-state index in [1.54, 1.807) is 36.4 Å². The van der Waals surface area contributed by atoms with Gasteiger partial charge in [0.15, 0.2) is 0 Å². The van der Waals surface area contributed by atoms with Crippen LogP contribution in [0.15, 0.2) is 53.4 Å². The predicted molar refractivity (Wildman–Crippen MR) is 122 cm³/mol. The van der Waals surface area contributed by atoms with Crippen LogP contribution in [0.1, 0.15) is 39.2 Å². The monoisotopic (exact) mass is 448 g/mol. The number of sulfonamides is 1. The number of nitrogens with zero attached hydrogens (tertiary/aromatic N) is 1. The number of hydrogen-bond acceptors (Lipinski definition) is 5. The van der Waals surface area contributed by atoms with Crippen molar-refractivity contribution < 1.29 is 22.7 Å². The minimum atomic E-state index is -3.70. The second-order valence-electron chi connectivity index (χ2n) is 8.24. The first-order valence-corrected chi connectivity index (χ1v) is 11.7. The summed E-state index contributed by atoms with van der Waals surface area (Å²) in [5.41, 5.74) is 0.915. The number of carbonyl (C=O) groups is 1. The third kappa shape index (κ3) is 7.47. The van der Waals surface area contributed by atoms with Crippen LogP contribution >= 0.6 is 0 Å². The smallest absolute Gasteiger partial charge is 0.407 e. The highest BCUT2D eigenvalue weighted by molar-refractivity contribution is 7.92. The van der Waals surface area contributed by atoms with Gasteiger partial charge in [-0.3, -0.25) is 4.31 Å². The summed E-state index contributed by atoms with van der Waals surface area (Å²) in [5, 5.41) is 2.71. The van der Waals surface area contributed by atoms with Gasteiger partial charge in [0.1, 0.15) is 11.4 Å². The van der Waals surface area contributed by atoms with Crippen LogP contribution in [0.5, 0.6) is 5.75 Å². The molecule has 170 valence electrons. The van der Waals surface area contributed by atoms with E-state index in [9.17, 15) is 13.2 Å². The maximum atomic E-state index is 13.0. The average Bonchev–Trinajstić information content (AvgIpc) is 2.69. The number of anilines is 1. The van der Waals surface area contributed by atoms with Crippen molar-refractivity contribution in [2.45, 2.75) is 51.0 Å². The van der Waals surface area contributed by atoms with Gasteiger partial charge in [0, 0.05) is 13.6 Å². The molecule has 0 fully saturated rings. The Hall–Kier alpha value is -2.74. The average molecular weight is 449 g/mol. The zero-order chi connectivity index (χ0) is 23.1.